The van der Waals surface area contributed by atoms with E-state index < -0.39 is 0 Å². The van der Waals surface area contributed by atoms with E-state index in [1.165, 1.54) is 5.56 Å². The van der Waals surface area contributed by atoms with Gasteiger partial charge in [-0.2, -0.15) is 4.98 Å². The normalized spacial score (nSPS) is 14.1. The number of amides is 1. The highest BCUT2D eigenvalue weighted by molar-refractivity contribution is 5.68. The molecule has 0 unspecified atom stereocenters. The fraction of sp³-hybridized carbons (Fsp3) is 0.450. The lowest BCUT2D eigenvalue weighted by molar-refractivity contribution is 0.105. The van der Waals surface area contributed by atoms with Crippen LogP contribution in [-0.2, 0) is 11.2 Å². The predicted octanol–water partition coefficient (Wildman–Crippen LogP) is 2.72. The first kappa shape index (κ1) is 18.9. The van der Waals surface area contributed by atoms with Crippen molar-refractivity contribution in [1.29, 1.82) is 0 Å². The summed E-state index contributed by atoms with van der Waals surface area (Å²) in [6, 6.07) is 12.3. The second-order valence-corrected chi connectivity index (χ2v) is 6.53. The largest absolute Gasteiger partial charge is 0.450 e. The van der Waals surface area contributed by atoms with Gasteiger partial charge in [-0.25, -0.2) is 9.78 Å². The number of aromatic nitrogens is 2. The van der Waals surface area contributed by atoms with Crippen molar-refractivity contribution >= 4 is 17.9 Å². The van der Waals surface area contributed by atoms with Crippen LogP contribution in [0, 0.1) is 6.92 Å². The molecule has 3 rings (SSSR count). The van der Waals surface area contributed by atoms with Crippen molar-refractivity contribution in [3.05, 3.63) is 47.7 Å². The van der Waals surface area contributed by atoms with Crippen LogP contribution in [0.2, 0.25) is 0 Å². The maximum Gasteiger partial charge on any atom is 0.409 e. The molecular formula is C20H27N5O2. The number of carbonyl (C=O) groups excluding carboxylic acids is 1. The number of aryl methyl sites for hydroxylation is 1. The number of carbonyl (C=O) groups is 1. The van der Waals surface area contributed by atoms with Crippen molar-refractivity contribution in [1.82, 2.24) is 14.9 Å². The molecule has 1 aromatic heterocycles. The molecule has 0 atom stereocenters. The van der Waals surface area contributed by atoms with Crippen LogP contribution in [-0.4, -0.2) is 60.3 Å². The van der Waals surface area contributed by atoms with Gasteiger partial charge in [-0.3, -0.25) is 0 Å². The fourth-order valence-electron chi connectivity index (χ4n) is 3.07. The molecule has 0 spiro atoms. The third-order valence-electron chi connectivity index (χ3n) is 4.49. The van der Waals surface area contributed by atoms with E-state index in [1.54, 1.807) is 4.90 Å². The molecule has 1 aliphatic rings. The number of rotatable bonds is 6. The van der Waals surface area contributed by atoms with Gasteiger partial charge in [0.1, 0.15) is 5.82 Å². The number of anilines is 2. The van der Waals surface area contributed by atoms with Gasteiger partial charge in [-0.15, -0.1) is 0 Å². The summed E-state index contributed by atoms with van der Waals surface area (Å²) in [6.45, 7) is 7.65. The molecule has 0 bridgehead atoms. The molecule has 1 amide bonds. The third kappa shape index (κ3) is 5.32. The molecule has 7 heteroatoms. The van der Waals surface area contributed by atoms with E-state index >= 15 is 0 Å². The first-order valence-corrected chi connectivity index (χ1v) is 9.46. The van der Waals surface area contributed by atoms with E-state index in [-0.39, 0.29) is 6.09 Å². The molecule has 1 aromatic carbocycles. The number of nitrogens with zero attached hydrogens (tertiary/aromatic N) is 4. The average Bonchev–Trinajstić information content (AvgIpc) is 2.69. The molecule has 0 aliphatic carbocycles. The number of piperazine rings is 1. The van der Waals surface area contributed by atoms with Crippen LogP contribution in [0.4, 0.5) is 16.6 Å². The van der Waals surface area contributed by atoms with E-state index in [9.17, 15) is 4.79 Å². The molecule has 27 heavy (non-hydrogen) atoms. The van der Waals surface area contributed by atoms with Crippen LogP contribution in [0.25, 0.3) is 0 Å². The van der Waals surface area contributed by atoms with E-state index in [0.29, 0.717) is 38.7 Å². The topological polar surface area (TPSA) is 70.6 Å². The third-order valence-corrected chi connectivity index (χ3v) is 4.49. The summed E-state index contributed by atoms with van der Waals surface area (Å²) in [5.74, 6) is 1.54. The zero-order valence-electron chi connectivity index (χ0n) is 16.0. The minimum Gasteiger partial charge on any atom is -0.450 e. The van der Waals surface area contributed by atoms with Crippen molar-refractivity contribution in [2.24, 2.45) is 0 Å². The number of benzene rings is 1. The lowest BCUT2D eigenvalue weighted by Crippen LogP contribution is -2.49. The van der Waals surface area contributed by atoms with Crippen LogP contribution >= 0.6 is 0 Å². The van der Waals surface area contributed by atoms with Gasteiger partial charge in [0.2, 0.25) is 5.95 Å². The summed E-state index contributed by atoms with van der Waals surface area (Å²) in [4.78, 5) is 24.9. The molecule has 0 radical (unpaired) electrons. The maximum atomic E-state index is 11.8. The molecule has 0 saturated carbocycles. The highest BCUT2D eigenvalue weighted by atomic mass is 16.6. The second kappa shape index (κ2) is 9.21. The number of ether oxygens (including phenoxy) is 1. The van der Waals surface area contributed by atoms with E-state index in [0.717, 1.165) is 24.5 Å². The molecule has 7 nitrogen and oxygen atoms in total. The summed E-state index contributed by atoms with van der Waals surface area (Å²) in [5, 5.41) is 3.39. The van der Waals surface area contributed by atoms with E-state index in [4.69, 9.17) is 4.74 Å². The van der Waals surface area contributed by atoms with Gasteiger partial charge in [-0.1, -0.05) is 30.3 Å². The summed E-state index contributed by atoms with van der Waals surface area (Å²) in [5.41, 5.74) is 2.22. The average molecular weight is 369 g/mol. The van der Waals surface area contributed by atoms with Gasteiger partial charge in [-0.05, 0) is 25.8 Å². The van der Waals surface area contributed by atoms with Crippen molar-refractivity contribution < 1.29 is 9.53 Å². The summed E-state index contributed by atoms with van der Waals surface area (Å²) < 4.78 is 5.07. The van der Waals surface area contributed by atoms with Gasteiger partial charge >= 0.3 is 6.09 Å². The van der Waals surface area contributed by atoms with E-state index in [2.05, 4.69) is 44.5 Å². The van der Waals surface area contributed by atoms with Crippen LogP contribution in [0.15, 0.2) is 36.4 Å². The zero-order chi connectivity index (χ0) is 19.1. The Morgan fingerprint density at radius 1 is 1.15 bits per heavy atom. The molecular weight excluding hydrogens is 342 g/mol. The zero-order valence-corrected chi connectivity index (χ0v) is 16.0. The van der Waals surface area contributed by atoms with Crippen molar-refractivity contribution in [3.63, 3.8) is 0 Å². The molecule has 2 heterocycles. The van der Waals surface area contributed by atoms with Crippen molar-refractivity contribution in [2.45, 2.75) is 20.3 Å². The Hall–Kier alpha value is -2.83. The summed E-state index contributed by atoms with van der Waals surface area (Å²) >= 11 is 0. The predicted molar refractivity (Wildman–Crippen MR) is 106 cm³/mol. The Balaban J connectivity index is 1.56. The van der Waals surface area contributed by atoms with Crippen LogP contribution in [0.5, 0.6) is 0 Å². The fourth-order valence-corrected chi connectivity index (χ4v) is 3.07. The molecule has 1 aliphatic heterocycles. The van der Waals surface area contributed by atoms with Gasteiger partial charge in [0, 0.05) is 44.5 Å². The molecule has 2 aromatic rings. The molecule has 144 valence electrons. The van der Waals surface area contributed by atoms with Gasteiger partial charge in [0.25, 0.3) is 0 Å². The van der Waals surface area contributed by atoms with Crippen LogP contribution in [0.1, 0.15) is 18.2 Å². The highest BCUT2D eigenvalue weighted by Gasteiger charge is 2.23. The first-order valence-electron chi connectivity index (χ1n) is 9.46. The smallest absolute Gasteiger partial charge is 0.409 e. The van der Waals surface area contributed by atoms with Gasteiger partial charge in [0.15, 0.2) is 0 Å². The first-order chi connectivity index (χ1) is 13.2. The van der Waals surface area contributed by atoms with Gasteiger partial charge < -0.3 is 19.9 Å². The Morgan fingerprint density at radius 3 is 2.59 bits per heavy atom. The summed E-state index contributed by atoms with van der Waals surface area (Å²) in [7, 11) is 0. The van der Waals surface area contributed by atoms with Crippen LogP contribution in [0.3, 0.4) is 0 Å². The quantitative estimate of drug-likeness (QED) is 0.844. The van der Waals surface area contributed by atoms with E-state index in [1.807, 2.05) is 26.0 Å². The lowest BCUT2D eigenvalue weighted by atomic mass is 10.1. The van der Waals surface area contributed by atoms with Gasteiger partial charge in [0.05, 0.1) is 6.61 Å². The lowest BCUT2D eigenvalue weighted by Gasteiger charge is -2.34. The Morgan fingerprint density at radius 2 is 1.89 bits per heavy atom. The number of hydrogen-bond donors (Lipinski definition) is 1. The monoisotopic (exact) mass is 369 g/mol. The Kier molecular flexibility index (Phi) is 6.46. The second-order valence-electron chi connectivity index (χ2n) is 6.53. The minimum absolute atomic E-state index is 0.245. The highest BCUT2D eigenvalue weighted by Crippen LogP contribution is 2.16. The molecule has 1 N–H and O–H groups in total. The van der Waals surface area contributed by atoms with Crippen LogP contribution < -0.4 is 10.2 Å². The Bertz CT molecular complexity index is 745. The molecule has 1 fully saturated rings. The minimum atomic E-state index is -0.245. The standard InChI is InChI=1S/C20H27N5O2/c1-3-27-20(26)25-13-11-24(12-14-25)19-22-16(2)15-18(23-19)21-10-9-17-7-5-4-6-8-17/h4-8,15H,3,9-14H2,1-2H3,(H,21,22,23). The number of hydrogen-bond acceptors (Lipinski definition) is 6. The van der Waals surface area contributed by atoms with Crippen molar-refractivity contribution in [2.75, 3.05) is 49.5 Å². The summed E-state index contributed by atoms with van der Waals surface area (Å²) in [6.07, 6.45) is 0.697. The molecule has 1 saturated heterocycles. The van der Waals surface area contributed by atoms with Crippen molar-refractivity contribution in [3.8, 4) is 0 Å². The number of nitrogens with one attached hydrogen (secondary N) is 1. The Labute approximate surface area is 160 Å². The maximum absolute atomic E-state index is 11.8. The SMILES string of the molecule is CCOC(=O)N1CCN(c2nc(C)cc(NCCc3ccccc3)n2)CC1.